The lowest BCUT2D eigenvalue weighted by molar-refractivity contribution is -0.130. The molecule has 0 spiro atoms. The number of nitrogens with zero attached hydrogens (tertiary/aromatic N) is 3. The molecule has 1 amide bonds. The Hall–Kier alpha value is -1.92. The van der Waals surface area contributed by atoms with Gasteiger partial charge >= 0.3 is 0 Å². The predicted octanol–water partition coefficient (Wildman–Crippen LogP) is 4.71. The molecule has 0 radical (unpaired) electrons. The second kappa shape index (κ2) is 7.76. The third-order valence-corrected chi connectivity index (χ3v) is 6.62. The quantitative estimate of drug-likeness (QED) is 0.483. The van der Waals surface area contributed by atoms with Gasteiger partial charge in [-0.25, -0.2) is 9.97 Å². The Morgan fingerprint density at radius 1 is 1.31 bits per heavy atom. The molecular formula is C20H21N3OS2. The highest BCUT2D eigenvalue weighted by Gasteiger charge is 2.22. The Bertz CT molecular complexity index is 910. The average molecular weight is 384 g/mol. The predicted molar refractivity (Wildman–Crippen MR) is 109 cm³/mol. The molecule has 0 saturated carbocycles. The molecule has 1 saturated heterocycles. The van der Waals surface area contributed by atoms with Crippen molar-refractivity contribution in [3.8, 4) is 11.1 Å². The number of hydrogen-bond donors (Lipinski definition) is 0. The first-order valence-electron chi connectivity index (χ1n) is 8.90. The molecule has 1 aliphatic rings. The van der Waals surface area contributed by atoms with Crippen molar-refractivity contribution in [1.82, 2.24) is 14.9 Å². The number of hydrogen-bond acceptors (Lipinski definition) is 5. The van der Waals surface area contributed by atoms with E-state index >= 15 is 0 Å². The summed E-state index contributed by atoms with van der Waals surface area (Å²) in [7, 11) is 0. The summed E-state index contributed by atoms with van der Waals surface area (Å²) in [6.45, 7) is 3.99. The monoisotopic (exact) mass is 383 g/mol. The van der Waals surface area contributed by atoms with Gasteiger partial charge in [-0.05, 0) is 24.3 Å². The summed E-state index contributed by atoms with van der Waals surface area (Å²) >= 11 is 3.16. The van der Waals surface area contributed by atoms with E-state index in [9.17, 15) is 4.79 Å². The van der Waals surface area contributed by atoms with Crippen LogP contribution in [0.4, 0.5) is 0 Å². The van der Waals surface area contributed by atoms with Gasteiger partial charge in [0.1, 0.15) is 16.2 Å². The Balaban J connectivity index is 1.57. The number of likely N-dealkylation sites (tertiary alicyclic amines) is 1. The molecule has 4 rings (SSSR count). The van der Waals surface area contributed by atoms with Crippen molar-refractivity contribution >= 4 is 39.2 Å². The third-order valence-electron chi connectivity index (χ3n) is 4.76. The number of fused-ring (bicyclic) bond motifs is 1. The fourth-order valence-electron chi connectivity index (χ4n) is 3.42. The summed E-state index contributed by atoms with van der Waals surface area (Å²) in [6.07, 6.45) is 3.93. The van der Waals surface area contributed by atoms with Crippen LogP contribution in [0.25, 0.3) is 21.3 Å². The molecule has 3 heterocycles. The molecule has 0 bridgehead atoms. The molecule has 1 atom stereocenters. The molecule has 1 aliphatic heterocycles. The lowest BCUT2D eigenvalue weighted by Crippen LogP contribution is -2.40. The highest BCUT2D eigenvalue weighted by Crippen LogP contribution is 2.37. The zero-order valence-corrected chi connectivity index (χ0v) is 16.4. The van der Waals surface area contributed by atoms with Gasteiger partial charge < -0.3 is 4.90 Å². The summed E-state index contributed by atoms with van der Waals surface area (Å²) in [5.74, 6) is 1.25. The Labute approximate surface area is 161 Å². The van der Waals surface area contributed by atoms with E-state index in [1.165, 1.54) is 18.2 Å². The largest absolute Gasteiger partial charge is 0.342 e. The Kier molecular flexibility index (Phi) is 5.22. The smallest absolute Gasteiger partial charge is 0.232 e. The van der Waals surface area contributed by atoms with Gasteiger partial charge in [-0.3, -0.25) is 4.79 Å². The van der Waals surface area contributed by atoms with Crippen LogP contribution in [-0.2, 0) is 4.79 Å². The maximum absolute atomic E-state index is 12.6. The molecule has 2 aromatic heterocycles. The Morgan fingerprint density at radius 3 is 2.96 bits per heavy atom. The number of thioether (sulfide) groups is 1. The normalized spacial score (nSPS) is 17.6. The number of benzene rings is 1. The molecule has 0 N–H and O–H groups in total. The zero-order chi connectivity index (χ0) is 17.9. The van der Waals surface area contributed by atoms with E-state index in [1.54, 1.807) is 17.7 Å². The highest BCUT2D eigenvalue weighted by molar-refractivity contribution is 8.00. The van der Waals surface area contributed by atoms with E-state index in [2.05, 4.69) is 34.4 Å². The first-order valence-corrected chi connectivity index (χ1v) is 10.8. The van der Waals surface area contributed by atoms with Gasteiger partial charge in [-0.1, -0.05) is 49.0 Å². The standard InChI is InChI=1S/C20H21N3OS2/c1-14-6-5-9-23(10-14)17(24)12-26-20-18-16(15-7-3-2-4-8-15)11-25-19(18)21-13-22-20/h2-4,7-8,11,13-14H,5-6,9-10,12H2,1H3. The first-order chi connectivity index (χ1) is 12.7. The van der Waals surface area contributed by atoms with Gasteiger partial charge in [0.2, 0.25) is 5.91 Å². The van der Waals surface area contributed by atoms with Crippen molar-refractivity contribution in [3.63, 3.8) is 0 Å². The fraction of sp³-hybridized carbons (Fsp3) is 0.350. The van der Waals surface area contributed by atoms with Crippen molar-refractivity contribution in [3.05, 3.63) is 42.0 Å². The van der Waals surface area contributed by atoms with Gasteiger partial charge in [-0.15, -0.1) is 11.3 Å². The van der Waals surface area contributed by atoms with Gasteiger partial charge in [0.15, 0.2) is 0 Å². The van der Waals surface area contributed by atoms with Crippen LogP contribution in [0.2, 0.25) is 0 Å². The van der Waals surface area contributed by atoms with E-state index in [0.29, 0.717) is 11.7 Å². The molecule has 3 aromatic rings. The molecule has 134 valence electrons. The molecule has 26 heavy (non-hydrogen) atoms. The topological polar surface area (TPSA) is 46.1 Å². The Morgan fingerprint density at radius 2 is 2.15 bits per heavy atom. The highest BCUT2D eigenvalue weighted by atomic mass is 32.2. The molecular weight excluding hydrogens is 362 g/mol. The van der Waals surface area contributed by atoms with Crippen LogP contribution in [0.1, 0.15) is 19.8 Å². The number of thiophene rings is 1. The van der Waals surface area contributed by atoms with E-state index in [1.807, 2.05) is 23.1 Å². The summed E-state index contributed by atoms with van der Waals surface area (Å²) in [4.78, 5) is 24.5. The molecule has 0 aliphatic carbocycles. The van der Waals surface area contributed by atoms with Crippen LogP contribution < -0.4 is 0 Å². The minimum Gasteiger partial charge on any atom is -0.342 e. The van der Waals surface area contributed by atoms with Crippen LogP contribution in [0.5, 0.6) is 0 Å². The second-order valence-corrected chi connectivity index (χ2v) is 8.57. The maximum atomic E-state index is 12.6. The van der Waals surface area contributed by atoms with E-state index in [4.69, 9.17) is 0 Å². The number of rotatable bonds is 4. The van der Waals surface area contributed by atoms with Crippen molar-refractivity contribution in [1.29, 1.82) is 0 Å². The third kappa shape index (κ3) is 3.62. The fourth-order valence-corrected chi connectivity index (χ4v) is 5.32. The lowest BCUT2D eigenvalue weighted by Gasteiger charge is -2.30. The van der Waals surface area contributed by atoms with Crippen LogP contribution in [0, 0.1) is 5.92 Å². The molecule has 6 heteroatoms. The van der Waals surface area contributed by atoms with E-state index < -0.39 is 0 Å². The lowest BCUT2D eigenvalue weighted by atomic mass is 10.0. The summed E-state index contributed by atoms with van der Waals surface area (Å²) in [5.41, 5.74) is 2.30. The summed E-state index contributed by atoms with van der Waals surface area (Å²) in [5, 5.41) is 4.09. The van der Waals surface area contributed by atoms with E-state index in [-0.39, 0.29) is 5.91 Å². The average Bonchev–Trinajstić information content (AvgIpc) is 3.11. The first kappa shape index (κ1) is 17.5. The van der Waals surface area contributed by atoms with Gasteiger partial charge in [-0.2, -0.15) is 0 Å². The summed E-state index contributed by atoms with van der Waals surface area (Å²) in [6, 6.07) is 10.3. The van der Waals surface area contributed by atoms with Crippen LogP contribution in [-0.4, -0.2) is 39.6 Å². The number of carbonyl (C=O) groups excluding carboxylic acids is 1. The van der Waals surface area contributed by atoms with Crippen molar-refractivity contribution < 1.29 is 4.79 Å². The van der Waals surface area contributed by atoms with Crippen LogP contribution in [0.15, 0.2) is 47.1 Å². The number of aromatic nitrogens is 2. The number of carbonyl (C=O) groups is 1. The minimum atomic E-state index is 0.213. The maximum Gasteiger partial charge on any atom is 0.232 e. The minimum absolute atomic E-state index is 0.213. The second-order valence-electron chi connectivity index (χ2n) is 6.75. The zero-order valence-electron chi connectivity index (χ0n) is 14.7. The van der Waals surface area contributed by atoms with Crippen molar-refractivity contribution in [2.24, 2.45) is 5.92 Å². The van der Waals surface area contributed by atoms with Crippen molar-refractivity contribution in [2.45, 2.75) is 24.8 Å². The van der Waals surface area contributed by atoms with Crippen LogP contribution >= 0.6 is 23.1 Å². The van der Waals surface area contributed by atoms with Gasteiger partial charge in [0.05, 0.1) is 11.1 Å². The van der Waals surface area contributed by atoms with E-state index in [0.717, 1.165) is 45.9 Å². The molecule has 1 fully saturated rings. The molecule has 1 unspecified atom stereocenters. The molecule has 4 nitrogen and oxygen atoms in total. The summed E-state index contributed by atoms with van der Waals surface area (Å²) < 4.78 is 0. The molecule has 1 aromatic carbocycles. The van der Waals surface area contributed by atoms with Crippen LogP contribution in [0.3, 0.4) is 0 Å². The van der Waals surface area contributed by atoms with Gasteiger partial charge in [0, 0.05) is 24.0 Å². The van der Waals surface area contributed by atoms with Crippen molar-refractivity contribution in [2.75, 3.05) is 18.8 Å². The number of amides is 1. The number of piperidine rings is 1. The SMILES string of the molecule is CC1CCCN(C(=O)CSc2ncnc3scc(-c4ccccc4)c23)C1. The van der Waals surface area contributed by atoms with Gasteiger partial charge in [0.25, 0.3) is 0 Å².